The quantitative estimate of drug-likeness (QED) is 0.776. The van der Waals surface area contributed by atoms with E-state index in [0.29, 0.717) is 6.42 Å². The van der Waals surface area contributed by atoms with Gasteiger partial charge in [0.1, 0.15) is 0 Å². The van der Waals surface area contributed by atoms with Crippen molar-refractivity contribution in [1.82, 2.24) is 4.90 Å². The first-order chi connectivity index (χ1) is 7.61. The first-order valence-electron chi connectivity index (χ1n) is 5.72. The summed E-state index contributed by atoms with van der Waals surface area (Å²) in [6.07, 6.45) is -0.587. The van der Waals surface area contributed by atoms with Crippen molar-refractivity contribution >= 4 is 23.5 Å². The number of ketones is 1. The van der Waals surface area contributed by atoms with Crippen molar-refractivity contribution in [1.29, 1.82) is 0 Å². The largest absolute Gasteiger partial charge is 0.465 e. The maximum absolute atomic E-state index is 11.8. The Bertz CT molecular complexity index is 284. The van der Waals surface area contributed by atoms with Crippen LogP contribution in [0, 0.1) is 5.92 Å². The Hall–Kier alpha value is -0.770. The molecule has 5 heteroatoms. The van der Waals surface area contributed by atoms with Crippen LogP contribution in [0.3, 0.4) is 0 Å². The Balaban J connectivity index is 5.22. The van der Waals surface area contributed by atoms with E-state index in [1.807, 2.05) is 13.8 Å². The number of carbonyl (C=O) groups excluding carboxylic acids is 1. The van der Waals surface area contributed by atoms with Gasteiger partial charge in [0.15, 0.2) is 5.78 Å². The van der Waals surface area contributed by atoms with Crippen molar-refractivity contribution in [2.75, 3.05) is 5.88 Å². The highest BCUT2D eigenvalue weighted by atomic mass is 35.5. The van der Waals surface area contributed by atoms with Gasteiger partial charge in [0.2, 0.25) is 0 Å². The summed E-state index contributed by atoms with van der Waals surface area (Å²) in [4.78, 5) is 24.3. The van der Waals surface area contributed by atoms with Gasteiger partial charge in [-0.05, 0) is 33.1 Å². The maximum Gasteiger partial charge on any atom is 0.408 e. The Morgan fingerprint density at radius 3 is 2.00 bits per heavy atom. The average molecular weight is 264 g/mol. The second kappa shape index (κ2) is 6.24. The third kappa shape index (κ3) is 4.94. The molecule has 0 spiro atoms. The Morgan fingerprint density at radius 2 is 1.76 bits per heavy atom. The summed E-state index contributed by atoms with van der Waals surface area (Å²) < 4.78 is 0. The summed E-state index contributed by atoms with van der Waals surface area (Å²) in [6.45, 7) is 9.23. The van der Waals surface area contributed by atoms with Gasteiger partial charge in [-0.15, -0.1) is 11.6 Å². The molecule has 0 rings (SSSR count). The van der Waals surface area contributed by atoms with E-state index in [9.17, 15) is 14.7 Å². The summed E-state index contributed by atoms with van der Waals surface area (Å²) >= 11 is 5.56. The molecule has 0 fully saturated rings. The summed E-state index contributed by atoms with van der Waals surface area (Å²) in [7, 11) is 0. The van der Waals surface area contributed by atoms with Crippen LogP contribution in [0.2, 0.25) is 0 Å². The number of nitrogens with zero attached hydrogens (tertiary/aromatic N) is 1. The van der Waals surface area contributed by atoms with Crippen LogP contribution in [0.25, 0.3) is 0 Å². The lowest BCUT2D eigenvalue weighted by molar-refractivity contribution is -0.123. The van der Waals surface area contributed by atoms with Crippen LogP contribution < -0.4 is 0 Å². The average Bonchev–Trinajstić information content (AvgIpc) is 2.11. The van der Waals surface area contributed by atoms with Gasteiger partial charge < -0.3 is 5.11 Å². The molecule has 0 bridgehead atoms. The number of alkyl halides is 1. The molecule has 0 aromatic rings. The molecule has 0 heterocycles. The lowest BCUT2D eigenvalue weighted by Gasteiger charge is -2.39. The predicted molar refractivity (Wildman–Crippen MR) is 68.6 cm³/mol. The van der Waals surface area contributed by atoms with Crippen LogP contribution in [-0.2, 0) is 4.79 Å². The molecule has 1 amide bonds. The van der Waals surface area contributed by atoms with Crippen molar-refractivity contribution in [3.05, 3.63) is 0 Å². The minimum atomic E-state index is -1.08. The third-order valence-corrected chi connectivity index (χ3v) is 2.70. The summed E-state index contributed by atoms with van der Waals surface area (Å²) in [5.74, 6) is -0.161. The number of Topliss-reactive ketones (excluding diaryl/α,β-unsaturated/α-hetero) is 1. The number of hydrogen-bond acceptors (Lipinski definition) is 2. The molecule has 0 aromatic carbocycles. The fourth-order valence-electron chi connectivity index (χ4n) is 1.80. The highest BCUT2D eigenvalue weighted by Crippen LogP contribution is 2.23. The minimum absolute atomic E-state index is 0.156. The molecule has 1 atom stereocenters. The second-order valence-electron chi connectivity index (χ2n) is 5.57. The molecule has 1 N–H and O–H groups in total. The van der Waals surface area contributed by atoms with Crippen molar-refractivity contribution < 1.29 is 14.7 Å². The van der Waals surface area contributed by atoms with Gasteiger partial charge in [-0.1, -0.05) is 13.8 Å². The molecule has 100 valence electrons. The lowest BCUT2D eigenvalue weighted by atomic mass is 9.95. The highest BCUT2D eigenvalue weighted by molar-refractivity contribution is 6.28. The SMILES string of the molecule is CC(C)CC(C(=O)CCl)N(C(=O)O)C(C)(C)C. The van der Waals surface area contributed by atoms with Crippen molar-refractivity contribution in [2.24, 2.45) is 5.92 Å². The van der Waals surface area contributed by atoms with Gasteiger partial charge in [0, 0.05) is 5.54 Å². The van der Waals surface area contributed by atoms with E-state index in [0.717, 1.165) is 0 Å². The van der Waals surface area contributed by atoms with Crippen molar-refractivity contribution in [3.63, 3.8) is 0 Å². The maximum atomic E-state index is 11.8. The number of hydrogen-bond donors (Lipinski definition) is 1. The molecule has 4 nitrogen and oxygen atoms in total. The fourth-order valence-corrected chi connectivity index (χ4v) is 1.98. The van der Waals surface area contributed by atoms with E-state index in [1.54, 1.807) is 20.8 Å². The van der Waals surface area contributed by atoms with E-state index >= 15 is 0 Å². The first kappa shape index (κ1) is 16.2. The zero-order valence-electron chi connectivity index (χ0n) is 11.2. The summed E-state index contributed by atoms with van der Waals surface area (Å²) in [5, 5.41) is 9.27. The molecule has 0 radical (unpaired) electrons. The Labute approximate surface area is 108 Å². The van der Waals surface area contributed by atoms with E-state index < -0.39 is 17.7 Å². The minimum Gasteiger partial charge on any atom is -0.465 e. The first-order valence-corrected chi connectivity index (χ1v) is 6.25. The molecule has 0 aliphatic rings. The van der Waals surface area contributed by atoms with Gasteiger partial charge in [-0.3, -0.25) is 9.69 Å². The molecule has 17 heavy (non-hydrogen) atoms. The van der Waals surface area contributed by atoms with Gasteiger partial charge in [0.25, 0.3) is 0 Å². The zero-order chi connectivity index (χ0) is 13.8. The number of amides is 1. The van der Waals surface area contributed by atoms with Crippen molar-refractivity contribution in [2.45, 2.75) is 52.6 Å². The molecule has 0 aromatic heterocycles. The Morgan fingerprint density at radius 1 is 1.29 bits per heavy atom. The predicted octanol–water partition coefficient (Wildman–Crippen LogP) is 2.99. The van der Waals surface area contributed by atoms with E-state index in [1.165, 1.54) is 4.90 Å². The molecule has 0 saturated carbocycles. The number of carbonyl (C=O) groups is 2. The summed E-state index contributed by atoms with van der Waals surface area (Å²) in [6, 6.07) is -0.662. The smallest absolute Gasteiger partial charge is 0.408 e. The normalized spacial score (nSPS) is 13.6. The fraction of sp³-hybridized carbons (Fsp3) is 0.833. The van der Waals surface area contributed by atoms with E-state index in [2.05, 4.69) is 0 Å². The van der Waals surface area contributed by atoms with E-state index in [-0.39, 0.29) is 17.6 Å². The Kier molecular flexibility index (Phi) is 5.96. The van der Waals surface area contributed by atoms with Crippen LogP contribution in [-0.4, -0.2) is 39.3 Å². The molecule has 0 saturated heterocycles. The molecular formula is C12H22ClNO3. The standard InChI is InChI=1S/C12H22ClNO3/c1-8(2)6-9(10(15)7-13)14(11(16)17)12(3,4)5/h8-9H,6-7H2,1-5H3,(H,16,17). The van der Waals surface area contributed by atoms with Gasteiger partial charge in [-0.25, -0.2) is 4.79 Å². The zero-order valence-corrected chi connectivity index (χ0v) is 11.9. The van der Waals surface area contributed by atoms with Crippen LogP contribution >= 0.6 is 11.6 Å². The second-order valence-corrected chi connectivity index (χ2v) is 5.84. The topological polar surface area (TPSA) is 57.6 Å². The third-order valence-electron chi connectivity index (χ3n) is 2.44. The number of rotatable bonds is 5. The number of halogens is 1. The number of carboxylic acid groups (broad SMARTS) is 1. The molecular weight excluding hydrogens is 242 g/mol. The molecule has 0 aliphatic carbocycles. The van der Waals surface area contributed by atoms with Gasteiger partial charge >= 0.3 is 6.09 Å². The van der Waals surface area contributed by atoms with Crippen LogP contribution in [0.4, 0.5) is 4.79 Å². The van der Waals surface area contributed by atoms with E-state index in [4.69, 9.17) is 11.6 Å². The van der Waals surface area contributed by atoms with Crippen molar-refractivity contribution in [3.8, 4) is 0 Å². The van der Waals surface area contributed by atoms with Gasteiger partial charge in [0.05, 0.1) is 11.9 Å². The van der Waals surface area contributed by atoms with Crippen LogP contribution in [0.1, 0.15) is 41.0 Å². The lowest BCUT2D eigenvalue weighted by Crippen LogP contribution is -2.54. The molecule has 1 unspecified atom stereocenters. The summed E-state index contributed by atoms with van der Waals surface area (Å²) in [5.41, 5.74) is -0.618. The van der Waals surface area contributed by atoms with Crippen LogP contribution in [0.15, 0.2) is 0 Å². The monoisotopic (exact) mass is 263 g/mol. The molecule has 0 aliphatic heterocycles. The van der Waals surface area contributed by atoms with Crippen LogP contribution in [0.5, 0.6) is 0 Å². The highest BCUT2D eigenvalue weighted by Gasteiger charge is 2.36. The van der Waals surface area contributed by atoms with Gasteiger partial charge in [-0.2, -0.15) is 0 Å².